The fourth-order valence-corrected chi connectivity index (χ4v) is 3.14. The van der Waals surface area contributed by atoms with Crippen LogP contribution in [0.5, 0.6) is 0 Å². The van der Waals surface area contributed by atoms with Crippen molar-refractivity contribution in [1.82, 2.24) is 19.1 Å². The largest absolute Gasteiger partial charge is 0.384 e. The molecule has 0 atom stereocenters. The predicted molar refractivity (Wildman–Crippen MR) is 98.8 cm³/mol. The molecule has 0 amide bonds. The highest BCUT2D eigenvalue weighted by Gasteiger charge is 2.04. The van der Waals surface area contributed by atoms with E-state index in [2.05, 4.69) is 60.0 Å². The van der Waals surface area contributed by atoms with Crippen molar-refractivity contribution in [2.45, 2.75) is 19.4 Å². The van der Waals surface area contributed by atoms with Crippen molar-refractivity contribution in [2.75, 3.05) is 19.0 Å². The molecule has 0 saturated carbocycles. The molecule has 3 rings (SSSR count). The maximum Gasteiger partial charge on any atom is 0.207 e. The van der Waals surface area contributed by atoms with Crippen LogP contribution in [-0.4, -0.2) is 32.9 Å². The van der Waals surface area contributed by atoms with Gasteiger partial charge in [-0.15, -0.1) is 0 Å². The summed E-state index contributed by atoms with van der Waals surface area (Å²) in [6.45, 7) is 1.50. The smallest absolute Gasteiger partial charge is 0.207 e. The molecule has 0 aliphatic rings. The van der Waals surface area contributed by atoms with Crippen molar-refractivity contribution in [3.63, 3.8) is 0 Å². The Morgan fingerprint density at radius 2 is 2.08 bits per heavy atom. The van der Waals surface area contributed by atoms with Gasteiger partial charge in [-0.2, -0.15) is 9.47 Å². The lowest BCUT2D eigenvalue weighted by Gasteiger charge is -2.05. The molecule has 0 radical (unpaired) electrons. The number of halogens is 1. The van der Waals surface area contributed by atoms with Crippen LogP contribution in [0, 0.1) is 0 Å². The van der Waals surface area contributed by atoms with E-state index in [4.69, 9.17) is 4.74 Å². The topological polar surface area (TPSA) is 64.9 Å². The minimum Gasteiger partial charge on any atom is -0.384 e. The van der Waals surface area contributed by atoms with Crippen molar-refractivity contribution in [2.24, 2.45) is 0 Å². The zero-order valence-corrected chi connectivity index (χ0v) is 15.7. The maximum absolute atomic E-state index is 5.04. The number of rotatable bonds is 8. The van der Waals surface area contributed by atoms with Crippen molar-refractivity contribution < 1.29 is 4.74 Å². The van der Waals surface area contributed by atoms with Gasteiger partial charge in [-0.25, -0.2) is 4.98 Å². The Balaban J connectivity index is 1.53. The summed E-state index contributed by atoms with van der Waals surface area (Å²) in [5.74, 6) is 0.811. The zero-order valence-electron chi connectivity index (χ0n) is 13.3. The predicted octanol–water partition coefficient (Wildman–Crippen LogP) is 3.67. The number of anilines is 2. The first kappa shape index (κ1) is 17.1. The van der Waals surface area contributed by atoms with Gasteiger partial charge < -0.3 is 10.1 Å². The lowest BCUT2D eigenvalue weighted by atomic mass is 10.1. The molecule has 6 nitrogen and oxygen atoms in total. The molecule has 0 bridgehead atoms. The third-order valence-electron chi connectivity index (χ3n) is 3.43. The summed E-state index contributed by atoms with van der Waals surface area (Å²) in [6.07, 6.45) is 5.45. The highest BCUT2D eigenvalue weighted by molar-refractivity contribution is 9.10. The normalized spacial score (nSPS) is 10.9. The van der Waals surface area contributed by atoms with Crippen LogP contribution in [0.1, 0.15) is 11.4 Å². The Bertz CT molecular complexity index is 771. The van der Waals surface area contributed by atoms with Gasteiger partial charge in [0.25, 0.3) is 0 Å². The zero-order chi connectivity index (χ0) is 16.8. The van der Waals surface area contributed by atoms with E-state index < -0.39 is 0 Å². The molecule has 0 aliphatic heterocycles. The lowest BCUT2D eigenvalue weighted by molar-refractivity contribution is 0.201. The summed E-state index contributed by atoms with van der Waals surface area (Å²) < 4.78 is 12.3. The Labute approximate surface area is 153 Å². The minimum atomic E-state index is 0.637. The van der Waals surface area contributed by atoms with Crippen LogP contribution < -0.4 is 5.32 Å². The molecule has 0 spiro atoms. The highest BCUT2D eigenvalue weighted by Crippen LogP contribution is 2.19. The average Bonchev–Trinajstić information content (AvgIpc) is 3.21. The van der Waals surface area contributed by atoms with E-state index in [1.807, 2.05) is 10.9 Å². The molecule has 126 valence electrons. The lowest BCUT2D eigenvalue weighted by Crippen LogP contribution is -2.01. The van der Waals surface area contributed by atoms with Crippen LogP contribution in [-0.2, 0) is 24.1 Å². The summed E-state index contributed by atoms with van der Waals surface area (Å²) in [5.41, 5.74) is 2.28. The Morgan fingerprint density at radius 3 is 2.79 bits per heavy atom. The van der Waals surface area contributed by atoms with Gasteiger partial charge in [0.05, 0.1) is 17.3 Å². The van der Waals surface area contributed by atoms with Gasteiger partial charge >= 0.3 is 0 Å². The van der Waals surface area contributed by atoms with Gasteiger partial charge in [0.2, 0.25) is 5.13 Å². The second-order valence-electron chi connectivity index (χ2n) is 5.25. The number of methoxy groups -OCH3 is 1. The molecule has 2 aromatic heterocycles. The standard InChI is InChI=1S/C16H18BrN5OS/c1-23-9-7-15-20-16(24-21-15)19-14-4-2-12(3-5-14)6-8-22-11-13(17)10-18-22/h2-5,10-11H,6-9H2,1H3,(H,19,20,21). The summed E-state index contributed by atoms with van der Waals surface area (Å²) in [6, 6.07) is 8.36. The van der Waals surface area contributed by atoms with Crippen molar-refractivity contribution in [3.05, 3.63) is 52.5 Å². The first-order valence-electron chi connectivity index (χ1n) is 7.58. The molecule has 0 fully saturated rings. The fraction of sp³-hybridized carbons (Fsp3) is 0.312. The fourth-order valence-electron chi connectivity index (χ4n) is 2.18. The molecule has 0 saturated heterocycles. The quantitative estimate of drug-likeness (QED) is 0.616. The molecule has 0 aliphatic carbocycles. The van der Waals surface area contributed by atoms with Gasteiger partial charge in [0.1, 0.15) is 5.82 Å². The average molecular weight is 408 g/mol. The van der Waals surface area contributed by atoms with Crippen molar-refractivity contribution in [1.29, 1.82) is 0 Å². The molecule has 3 aromatic rings. The summed E-state index contributed by atoms with van der Waals surface area (Å²) in [7, 11) is 1.68. The number of nitrogens with one attached hydrogen (secondary N) is 1. The third-order valence-corrected chi connectivity index (χ3v) is 4.51. The van der Waals surface area contributed by atoms with Crippen LogP contribution in [0.15, 0.2) is 41.1 Å². The molecule has 1 aromatic carbocycles. The van der Waals surface area contributed by atoms with E-state index in [1.54, 1.807) is 13.3 Å². The van der Waals surface area contributed by atoms with Gasteiger partial charge in [0.15, 0.2) is 0 Å². The maximum atomic E-state index is 5.04. The molecular formula is C16H18BrN5OS. The molecule has 24 heavy (non-hydrogen) atoms. The highest BCUT2D eigenvalue weighted by atomic mass is 79.9. The number of aryl methyl sites for hydroxylation is 2. The first-order chi connectivity index (χ1) is 11.7. The van der Waals surface area contributed by atoms with Crippen LogP contribution in [0.2, 0.25) is 0 Å². The Hall–Kier alpha value is -1.77. The van der Waals surface area contributed by atoms with E-state index in [0.717, 1.165) is 40.5 Å². The minimum absolute atomic E-state index is 0.637. The van der Waals surface area contributed by atoms with Gasteiger partial charge in [-0.3, -0.25) is 4.68 Å². The van der Waals surface area contributed by atoms with E-state index >= 15 is 0 Å². The SMILES string of the molecule is COCCc1nsc(Nc2ccc(CCn3cc(Br)cn3)cc2)n1. The van der Waals surface area contributed by atoms with Gasteiger partial charge in [-0.1, -0.05) is 12.1 Å². The first-order valence-corrected chi connectivity index (χ1v) is 9.15. The van der Waals surface area contributed by atoms with Crippen LogP contribution in [0.4, 0.5) is 10.8 Å². The van der Waals surface area contributed by atoms with E-state index in [1.165, 1.54) is 17.1 Å². The number of hydrogen-bond donors (Lipinski definition) is 1. The summed E-state index contributed by atoms with van der Waals surface area (Å²) in [4.78, 5) is 4.44. The summed E-state index contributed by atoms with van der Waals surface area (Å²) in [5, 5.41) is 8.35. The van der Waals surface area contributed by atoms with E-state index in [0.29, 0.717) is 6.61 Å². The second-order valence-corrected chi connectivity index (χ2v) is 6.92. The van der Waals surface area contributed by atoms with Gasteiger partial charge in [0, 0.05) is 43.5 Å². The summed E-state index contributed by atoms with van der Waals surface area (Å²) >= 11 is 4.77. The third kappa shape index (κ3) is 4.86. The van der Waals surface area contributed by atoms with E-state index in [-0.39, 0.29) is 0 Å². The number of benzene rings is 1. The van der Waals surface area contributed by atoms with Crippen LogP contribution in [0.25, 0.3) is 0 Å². The van der Waals surface area contributed by atoms with Crippen LogP contribution in [0.3, 0.4) is 0 Å². The number of ether oxygens (including phenoxy) is 1. The Kier molecular flexibility index (Phi) is 5.95. The number of nitrogens with zero attached hydrogens (tertiary/aromatic N) is 4. The Morgan fingerprint density at radius 1 is 1.25 bits per heavy atom. The monoisotopic (exact) mass is 407 g/mol. The number of aromatic nitrogens is 4. The van der Waals surface area contributed by atoms with Gasteiger partial charge in [-0.05, 0) is 40.0 Å². The molecule has 8 heteroatoms. The molecular weight excluding hydrogens is 390 g/mol. The van der Waals surface area contributed by atoms with E-state index in [9.17, 15) is 0 Å². The molecule has 1 N–H and O–H groups in total. The van der Waals surface area contributed by atoms with Crippen LogP contribution >= 0.6 is 27.5 Å². The number of hydrogen-bond acceptors (Lipinski definition) is 6. The molecule has 2 heterocycles. The second kappa shape index (κ2) is 8.36. The van der Waals surface area contributed by atoms with Crippen molar-refractivity contribution >= 4 is 38.3 Å². The van der Waals surface area contributed by atoms with Crippen molar-refractivity contribution in [3.8, 4) is 0 Å². The molecule has 0 unspecified atom stereocenters.